The molecule has 32 heavy (non-hydrogen) atoms. The normalized spacial score (nSPS) is 19.2. The Morgan fingerprint density at radius 3 is 2.66 bits per heavy atom. The number of amides is 1. The molecule has 170 valence electrons. The van der Waals surface area contributed by atoms with Crippen LogP contribution < -0.4 is 10.6 Å². The number of aromatic nitrogens is 3. The molecule has 1 aromatic carbocycles. The fraction of sp³-hybridized carbons (Fsp3) is 0.381. The molecule has 0 atom stereocenters. The third kappa shape index (κ3) is 4.95. The molecule has 1 fully saturated rings. The minimum absolute atomic E-state index is 0.0203. The smallest absolute Gasteiger partial charge is 0.367 e. The maximum Gasteiger partial charge on any atom is 0.416 e. The van der Waals surface area contributed by atoms with Crippen molar-refractivity contribution in [3.05, 3.63) is 52.4 Å². The van der Waals surface area contributed by atoms with Gasteiger partial charge in [-0.1, -0.05) is 11.6 Å². The Morgan fingerprint density at radius 1 is 1.19 bits per heavy atom. The SMILES string of the molecule is O=C(NC1CCC(CNc2n[nH]c3cc(F)cnc23)CC1)c1cc(C(F)(F)F)ccc1Cl. The first-order valence-corrected chi connectivity index (χ1v) is 10.5. The summed E-state index contributed by atoms with van der Waals surface area (Å²) in [7, 11) is 0. The van der Waals surface area contributed by atoms with E-state index in [1.165, 1.54) is 6.07 Å². The number of aromatic amines is 1. The lowest BCUT2D eigenvalue weighted by Gasteiger charge is -2.29. The van der Waals surface area contributed by atoms with Gasteiger partial charge in [-0.2, -0.15) is 18.3 Å². The molecular weight excluding hydrogens is 450 g/mol. The molecule has 4 rings (SSSR count). The van der Waals surface area contributed by atoms with E-state index < -0.39 is 23.5 Å². The summed E-state index contributed by atoms with van der Waals surface area (Å²) < 4.78 is 52.0. The molecule has 0 bridgehead atoms. The molecule has 11 heteroatoms. The van der Waals surface area contributed by atoms with E-state index in [0.29, 0.717) is 42.2 Å². The summed E-state index contributed by atoms with van der Waals surface area (Å²) >= 11 is 5.95. The van der Waals surface area contributed by atoms with Crippen LogP contribution in [0.3, 0.4) is 0 Å². The number of carbonyl (C=O) groups excluding carboxylic acids is 1. The maximum absolute atomic E-state index is 13.2. The molecule has 0 spiro atoms. The summed E-state index contributed by atoms with van der Waals surface area (Å²) in [6.07, 6.45) is -0.391. The number of carbonyl (C=O) groups is 1. The van der Waals surface area contributed by atoms with Crippen molar-refractivity contribution in [3.8, 4) is 0 Å². The van der Waals surface area contributed by atoms with Gasteiger partial charge in [-0.25, -0.2) is 9.37 Å². The molecule has 0 radical (unpaired) electrons. The molecule has 0 unspecified atom stereocenters. The summed E-state index contributed by atoms with van der Waals surface area (Å²) in [5.74, 6) is -0.175. The Balaban J connectivity index is 1.30. The van der Waals surface area contributed by atoms with Crippen LogP contribution in [0.5, 0.6) is 0 Å². The summed E-state index contributed by atoms with van der Waals surface area (Å²) in [5, 5.41) is 12.9. The van der Waals surface area contributed by atoms with Crippen molar-refractivity contribution < 1.29 is 22.4 Å². The minimum atomic E-state index is -4.55. The van der Waals surface area contributed by atoms with Crippen LogP contribution >= 0.6 is 11.6 Å². The molecule has 2 aromatic heterocycles. The number of hydrogen-bond acceptors (Lipinski definition) is 4. The second-order valence-electron chi connectivity index (χ2n) is 7.89. The van der Waals surface area contributed by atoms with Crippen LogP contribution in [-0.4, -0.2) is 33.7 Å². The molecule has 1 saturated carbocycles. The number of halogens is 5. The number of benzene rings is 1. The molecule has 6 nitrogen and oxygen atoms in total. The van der Waals surface area contributed by atoms with Crippen LogP contribution in [-0.2, 0) is 6.18 Å². The third-order valence-electron chi connectivity index (χ3n) is 5.65. The van der Waals surface area contributed by atoms with Gasteiger partial charge in [0.05, 0.1) is 27.9 Å². The zero-order valence-electron chi connectivity index (χ0n) is 16.8. The fourth-order valence-corrected chi connectivity index (χ4v) is 4.10. The number of hydrogen-bond donors (Lipinski definition) is 3. The maximum atomic E-state index is 13.2. The lowest BCUT2D eigenvalue weighted by molar-refractivity contribution is -0.137. The van der Waals surface area contributed by atoms with E-state index in [2.05, 4.69) is 25.8 Å². The number of nitrogens with zero attached hydrogens (tertiary/aromatic N) is 2. The van der Waals surface area contributed by atoms with Gasteiger partial charge in [-0.3, -0.25) is 9.89 Å². The molecular formula is C21H20ClF4N5O. The van der Waals surface area contributed by atoms with Crippen molar-refractivity contribution in [2.75, 3.05) is 11.9 Å². The summed E-state index contributed by atoms with van der Waals surface area (Å²) in [4.78, 5) is 16.5. The van der Waals surface area contributed by atoms with E-state index in [1.807, 2.05) is 0 Å². The largest absolute Gasteiger partial charge is 0.416 e. The first-order chi connectivity index (χ1) is 15.2. The van der Waals surface area contributed by atoms with Gasteiger partial charge in [0.25, 0.3) is 5.91 Å². The number of nitrogens with one attached hydrogen (secondary N) is 3. The number of alkyl halides is 3. The second kappa shape index (κ2) is 8.93. The van der Waals surface area contributed by atoms with E-state index >= 15 is 0 Å². The third-order valence-corrected chi connectivity index (χ3v) is 5.97. The molecule has 0 aliphatic heterocycles. The summed E-state index contributed by atoms with van der Waals surface area (Å²) in [6.45, 7) is 0.638. The highest BCUT2D eigenvalue weighted by Crippen LogP contribution is 2.32. The number of rotatable bonds is 5. The first kappa shape index (κ1) is 22.3. The van der Waals surface area contributed by atoms with E-state index in [9.17, 15) is 22.4 Å². The lowest BCUT2D eigenvalue weighted by atomic mass is 9.86. The highest BCUT2D eigenvalue weighted by Gasteiger charge is 2.32. The molecule has 3 aromatic rings. The number of H-pyrrole nitrogens is 1. The van der Waals surface area contributed by atoms with Crippen LogP contribution in [0, 0.1) is 11.7 Å². The summed E-state index contributed by atoms with van der Waals surface area (Å²) in [5.41, 5.74) is -0.0259. The van der Waals surface area contributed by atoms with E-state index in [0.717, 1.165) is 37.2 Å². The predicted molar refractivity (Wildman–Crippen MR) is 112 cm³/mol. The number of anilines is 1. The number of fused-ring (bicyclic) bond motifs is 1. The quantitative estimate of drug-likeness (QED) is 0.450. The van der Waals surface area contributed by atoms with Crippen molar-refractivity contribution in [1.29, 1.82) is 0 Å². The summed E-state index contributed by atoms with van der Waals surface area (Å²) in [6, 6.07) is 3.91. The molecule has 0 saturated heterocycles. The molecule has 1 aliphatic carbocycles. The fourth-order valence-electron chi connectivity index (χ4n) is 3.90. The second-order valence-corrected chi connectivity index (χ2v) is 8.29. The lowest BCUT2D eigenvalue weighted by Crippen LogP contribution is -2.38. The number of pyridine rings is 1. The van der Waals surface area contributed by atoms with E-state index in [4.69, 9.17) is 11.6 Å². The highest BCUT2D eigenvalue weighted by atomic mass is 35.5. The Bertz CT molecular complexity index is 1130. The average molecular weight is 470 g/mol. The standard InChI is InChI=1S/C21H20ClF4N5O/c22-16-6-3-12(21(24,25)26)7-15(16)20(32)29-14-4-1-11(2-5-14)9-28-19-18-17(30-31-19)8-13(23)10-27-18/h3,6-8,10-11,14H,1-2,4-5,9H2,(H,29,32)(H2,28,30,31). The van der Waals surface area contributed by atoms with Gasteiger partial charge in [0, 0.05) is 18.7 Å². The van der Waals surface area contributed by atoms with Crippen LogP contribution in [0.25, 0.3) is 11.0 Å². The zero-order chi connectivity index (χ0) is 22.9. The topological polar surface area (TPSA) is 82.7 Å². The highest BCUT2D eigenvalue weighted by molar-refractivity contribution is 6.33. The van der Waals surface area contributed by atoms with Gasteiger partial charge in [-0.05, 0) is 49.8 Å². The van der Waals surface area contributed by atoms with Crippen molar-refractivity contribution in [3.63, 3.8) is 0 Å². The van der Waals surface area contributed by atoms with Crippen LogP contribution in [0.2, 0.25) is 5.02 Å². The van der Waals surface area contributed by atoms with Crippen molar-refractivity contribution in [2.45, 2.75) is 37.9 Å². The van der Waals surface area contributed by atoms with Crippen LogP contribution in [0.15, 0.2) is 30.5 Å². The molecule has 2 heterocycles. The average Bonchev–Trinajstić information content (AvgIpc) is 3.14. The Kier molecular flexibility index (Phi) is 6.23. The van der Waals surface area contributed by atoms with Crippen molar-refractivity contribution in [2.24, 2.45) is 5.92 Å². The molecule has 1 amide bonds. The van der Waals surface area contributed by atoms with Crippen LogP contribution in [0.4, 0.5) is 23.4 Å². The predicted octanol–water partition coefficient (Wildman–Crippen LogP) is 5.17. The molecule has 3 N–H and O–H groups in total. The van der Waals surface area contributed by atoms with E-state index in [1.54, 1.807) is 0 Å². The Labute approximate surface area is 185 Å². The van der Waals surface area contributed by atoms with Gasteiger partial charge in [-0.15, -0.1) is 0 Å². The zero-order valence-corrected chi connectivity index (χ0v) is 17.5. The van der Waals surface area contributed by atoms with Gasteiger partial charge in [0.1, 0.15) is 11.3 Å². The first-order valence-electron chi connectivity index (χ1n) is 10.1. The van der Waals surface area contributed by atoms with Gasteiger partial charge < -0.3 is 10.6 Å². The van der Waals surface area contributed by atoms with Gasteiger partial charge in [0.15, 0.2) is 5.82 Å². The minimum Gasteiger partial charge on any atom is -0.367 e. The van der Waals surface area contributed by atoms with Crippen LogP contribution in [0.1, 0.15) is 41.6 Å². The Hall–Kier alpha value is -2.88. The van der Waals surface area contributed by atoms with Gasteiger partial charge in [0.2, 0.25) is 0 Å². The van der Waals surface area contributed by atoms with Gasteiger partial charge >= 0.3 is 6.18 Å². The van der Waals surface area contributed by atoms with Crippen molar-refractivity contribution >= 4 is 34.4 Å². The molecule has 1 aliphatic rings. The van der Waals surface area contributed by atoms with E-state index in [-0.39, 0.29) is 16.6 Å². The monoisotopic (exact) mass is 469 g/mol. The van der Waals surface area contributed by atoms with Crippen molar-refractivity contribution in [1.82, 2.24) is 20.5 Å². The Morgan fingerprint density at radius 2 is 1.94 bits per heavy atom.